The van der Waals surface area contributed by atoms with Gasteiger partial charge in [0.05, 0.1) is 0 Å². The van der Waals surface area contributed by atoms with Crippen LogP contribution in [0.4, 0.5) is 11.4 Å². The molecule has 1 aromatic rings. The second-order valence-corrected chi connectivity index (χ2v) is 3.87. The first-order valence-electron chi connectivity index (χ1n) is 5.36. The smallest absolute Gasteiger partial charge is 0.0365 e. The van der Waals surface area contributed by atoms with Crippen LogP contribution in [0.5, 0.6) is 0 Å². The van der Waals surface area contributed by atoms with Crippen LogP contribution in [0.3, 0.4) is 0 Å². The summed E-state index contributed by atoms with van der Waals surface area (Å²) in [6.45, 7) is 7.16. The zero-order valence-electron chi connectivity index (χ0n) is 9.66. The van der Waals surface area contributed by atoms with Crippen LogP contribution in [0.25, 0.3) is 0 Å². The molecule has 0 radical (unpaired) electrons. The topological polar surface area (TPSA) is 29.3 Å². The number of nitrogen functional groups attached to an aromatic ring is 1. The SMILES string of the molecule is C=C(CC)CCN(C)c1ccc(N)cc1. The van der Waals surface area contributed by atoms with E-state index in [-0.39, 0.29) is 0 Å². The maximum atomic E-state index is 5.64. The van der Waals surface area contributed by atoms with Gasteiger partial charge in [-0.05, 0) is 37.1 Å². The van der Waals surface area contributed by atoms with E-state index in [0.29, 0.717) is 0 Å². The van der Waals surface area contributed by atoms with Crippen LogP contribution < -0.4 is 10.6 Å². The second-order valence-electron chi connectivity index (χ2n) is 3.87. The van der Waals surface area contributed by atoms with E-state index in [1.807, 2.05) is 24.3 Å². The quantitative estimate of drug-likeness (QED) is 0.590. The van der Waals surface area contributed by atoms with E-state index >= 15 is 0 Å². The molecule has 1 rings (SSSR count). The first-order chi connectivity index (χ1) is 7.13. The van der Waals surface area contributed by atoms with E-state index in [0.717, 1.165) is 25.1 Å². The molecule has 15 heavy (non-hydrogen) atoms. The van der Waals surface area contributed by atoms with Crippen molar-refractivity contribution in [1.29, 1.82) is 0 Å². The number of rotatable bonds is 5. The Hall–Kier alpha value is -1.44. The highest BCUT2D eigenvalue weighted by molar-refractivity contribution is 5.52. The van der Waals surface area contributed by atoms with Crippen molar-refractivity contribution in [3.05, 3.63) is 36.4 Å². The molecule has 0 saturated heterocycles. The molecule has 0 aliphatic carbocycles. The maximum Gasteiger partial charge on any atom is 0.0365 e. The van der Waals surface area contributed by atoms with Crippen LogP contribution in [0.2, 0.25) is 0 Å². The van der Waals surface area contributed by atoms with Crippen LogP contribution in [-0.4, -0.2) is 13.6 Å². The molecule has 0 unspecified atom stereocenters. The molecule has 2 nitrogen and oxygen atoms in total. The van der Waals surface area contributed by atoms with Crippen molar-refractivity contribution in [1.82, 2.24) is 0 Å². The molecule has 0 aliphatic rings. The van der Waals surface area contributed by atoms with Crippen LogP contribution in [0, 0.1) is 0 Å². The van der Waals surface area contributed by atoms with Crippen molar-refractivity contribution in [2.45, 2.75) is 19.8 Å². The highest BCUT2D eigenvalue weighted by Crippen LogP contribution is 2.16. The molecular weight excluding hydrogens is 184 g/mol. The Kier molecular flexibility index (Phi) is 4.22. The number of benzene rings is 1. The van der Waals surface area contributed by atoms with Crippen molar-refractivity contribution in [2.24, 2.45) is 0 Å². The fourth-order valence-electron chi connectivity index (χ4n) is 1.36. The van der Waals surface area contributed by atoms with Gasteiger partial charge in [0.15, 0.2) is 0 Å². The summed E-state index contributed by atoms with van der Waals surface area (Å²) < 4.78 is 0. The molecule has 0 amide bonds. The number of nitrogens with zero attached hydrogens (tertiary/aromatic N) is 1. The summed E-state index contributed by atoms with van der Waals surface area (Å²) in [6.07, 6.45) is 2.12. The Morgan fingerprint density at radius 2 is 1.93 bits per heavy atom. The summed E-state index contributed by atoms with van der Waals surface area (Å²) >= 11 is 0. The van der Waals surface area contributed by atoms with Crippen LogP contribution in [-0.2, 0) is 0 Å². The van der Waals surface area contributed by atoms with E-state index in [2.05, 4.69) is 25.5 Å². The standard InChI is InChI=1S/C13H20N2/c1-4-11(2)9-10-15(3)13-7-5-12(14)6-8-13/h5-8H,2,4,9-10,14H2,1,3H3. The van der Waals surface area contributed by atoms with E-state index < -0.39 is 0 Å². The minimum absolute atomic E-state index is 0.810. The summed E-state index contributed by atoms with van der Waals surface area (Å²) in [5, 5.41) is 0. The summed E-state index contributed by atoms with van der Waals surface area (Å²) in [7, 11) is 2.09. The Bertz CT molecular complexity index is 314. The van der Waals surface area contributed by atoms with Crippen molar-refractivity contribution in [3.63, 3.8) is 0 Å². The zero-order valence-corrected chi connectivity index (χ0v) is 9.66. The van der Waals surface area contributed by atoms with Crippen molar-refractivity contribution >= 4 is 11.4 Å². The Morgan fingerprint density at radius 3 is 2.47 bits per heavy atom. The molecule has 0 saturated carbocycles. The zero-order chi connectivity index (χ0) is 11.3. The number of nitrogens with two attached hydrogens (primary N) is 1. The number of hydrogen-bond acceptors (Lipinski definition) is 2. The first-order valence-corrected chi connectivity index (χ1v) is 5.36. The molecule has 0 heterocycles. The molecule has 0 atom stereocenters. The van der Waals surface area contributed by atoms with E-state index in [1.54, 1.807) is 0 Å². The summed E-state index contributed by atoms with van der Waals surface area (Å²) in [5.74, 6) is 0. The van der Waals surface area contributed by atoms with E-state index in [9.17, 15) is 0 Å². The molecule has 0 aliphatic heterocycles. The van der Waals surface area contributed by atoms with Gasteiger partial charge in [-0.25, -0.2) is 0 Å². The highest BCUT2D eigenvalue weighted by Gasteiger charge is 2.00. The lowest BCUT2D eigenvalue weighted by molar-refractivity contribution is 0.840. The van der Waals surface area contributed by atoms with Crippen LogP contribution >= 0.6 is 0 Å². The van der Waals surface area contributed by atoms with Gasteiger partial charge in [0.1, 0.15) is 0 Å². The van der Waals surface area contributed by atoms with Gasteiger partial charge < -0.3 is 10.6 Å². The first kappa shape index (κ1) is 11.6. The van der Waals surface area contributed by atoms with Gasteiger partial charge in [-0.3, -0.25) is 0 Å². The predicted octanol–water partition coefficient (Wildman–Crippen LogP) is 3.06. The van der Waals surface area contributed by atoms with Gasteiger partial charge in [0.2, 0.25) is 0 Å². The van der Waals surface area contributed by atoms with Crippen molar-refractivity contribution in [2.75, 3.05) is 24.2 Å². The number of hydrogen-bond donors (Lipinski definition) is 1. The molecule has 0 bridgehead atoms. The minimum atomic E-state index is 0.810. The van der Waals surface area contributed by atoms with Gasteiger partial charge in [-0.1, -0.05) is 19.1 Å². The van der Waals surface area contributed by atoms with Gasteiger partial charge in [0.25, 0.3) is 0 Å². The third-order valence-electron chi connectivity index (χ3n) is 2.63. The normalized spacial score (nSPS) is 10.0. The lowest BCUT2D eigenvalue weighted by atomic mass is 10.1. The molecule has 2 heteroatoms. The molecule has 1 aromatic carbocycles. The van der Waals surface area contributed by atoms with E-state index in [1.165, 1.54) is 11.3 Å². The second kappa shape index (κ2) is 5.44. The molecular formula is C13H20N2. The van der Waals surface area contributed by atoms with Crippen LogP contribution in [0.1, 0.15) is 19.8 Å². The summed E-state index contributed by atoms with van der Waals surface area (Å²) in [6, 6.07) is 7.95. The molecule has 0 fully saturated rings. The molecule has 0 spiro atoms. The maximum absolute atomic E-state index is 5.64. The highest BCUT2D eigenvalue weighted by atomic mass is 15.1. The predicted molar refractivity (Wildman–Crippen MR) is 68.2 cm³/mol. The molecule has 2 N–H and O–H groups in total. The number of anilines is 2. The summed E-state index contributed by atoms with van der Waals surface area (Å²) in [5.41, 5.74) is 8.95. The third kappa shape index (κ3) is 3.66. The monoisotopic (exact) mass is 204 g/mol. The van der Waals surface area contributed by atoms with Gasteiger partial charge in [0, 0.05) is 25.0 Å². The minimum Gasteiger partial charge on any atom is -0.399 e. The van der Waals surface area contributed by atoms with Gasteiger partial charge in [-0.15, -0.1) is 0 Å². The molecule has 0 aromatic heterocycles. The Labute approximate surface area is 92.4 Å². The lowest BCUT2D eigenvalue weighted by Gasteiger charge is -2.19. The average molecular weight is 204 g/mol. The van der Waals surface area contributed by atoms with Gasteiger partial charge in [-0.2, -0.15) is 0 Å². The Balaban J connectivity index is 2.50. The largest absolute Gasteiger partial charge is 0.399 e. The van der Waals surface area contributed by atoms with E-state index in [4.69, 9.17) is 5.73 Å². The fraction of sp³-hybridized carbons (Fsp3) is 0.385. The summed E-state index contributed by atoms with van der Waals surface area (Å²) in [4.78, 5) is 2.22. The fourth-order valence-corrected chi connectivity index (χ4v) is 1.36. The molecule has 82 valence electrons. The Morgan fingerprint density at radius 1 is 1.33 bits per heavy atom. The lowest BCUT2D eigenvalue weighted by Crippen LogP contribution is -2.18. The average Bonchev–Trinajstić information content (AvgIpc) is 2.26. The van der Waals surface area contributed by atoms with Gasteiger partial charge >= 0.3 is 0 Å². The van der Waals surface area contributed by atoms with Crippen molar-refractivity contribution < 1.29 is 0 Å². The third-order valence-corrected chi connectivity index (χ3v) is 2.63. The van der Waals surface area contributed by atoms with Crippen molar-refractivity contribution in [3.8, 4) is 0 Å². The van der Waals surface area contributed by atoms with Crippen LogP contribution in [0.15, 0.2) is 36.4 Å².